The first kappa shape index (κ1) is 45.6. The molecule has 0 spiro atoms. The lowest BCUT2D eigenvalue weighted by Gasteiger charge is -2.34. The van der Waals surface area contributed by atoms with Gasteiger partial charge in [-0.2, -0.15) is 0 Å². The molecule has 0 aromatic heterocycles. The van der Waals surface area contributed by atoms with E-state index >= 15 is 0 Å². The molecule has 10 nitrogen and oxygen atoms in total. The second kappa shape index (κ2) is 19.0. The number of amides is 2. The number of Topliss-reactive ketones (excluding diaryl/α,β-unsaturated/α-hetero) is 2. The fourth-order valence-corrected chi connectivity index (χ4v) is 12.8. The third kappa shape index (κ3) is 10.3. The molecule has 4 fully saturated rings. The fraction of sp³-hybridized carbons (Fsp3) is 0.600. The molecule has 2 aromatic rings. The van der Waals surface area contributed by atoms with E-state index in [1.165, 1.54) is 0 Å². The van der Waals surface area contributed by atoms with Gasteiger partial charge in [-0.25, -0.2) is 0 Å². The zero-order valence-corrected chi connectivity index (χ0v) is 39.0. The molecule has 2 aromatic carbocycles. The lowest BCUT2D eigenvalue weighted by atomic mass is 9.81. The van der Waals surface area contributed by atoms with Crippen molar-refractivity contribution in [2.24, 2.45) is 10.8 Å². The second-order valence-corrected chi connectivity index (χ2v) is 21.6. The molecule has 0 radical (unpaired) electrons. The molecular weight excluding hydrogens is 817 g/mol. The van der Waals surface area contributed by atoms with Crippen molar-refractivity contribution in [1.29, 1.82) is 0 Å². The van der Waals surface area contributed by atoms with Gasteiger partial charge < -0.3 is 31.1 Å². The minimum absolute atomic E-state index is 0.0302. The zero-order valence-electron chi connectivity index (χ0n) is 35.8. The van der Waals surface area contributed by atoms with Gasteiger partial charge in [0.1, 0.15) is 12.1 Å². The first-order valence-corrected chi connectivity index (χ1v) is 23.9. The topological polar surface area (TPSA) is 123 Å². The molecule has 6 rings (SSSR count). The van der Waals surface area contributed by atoms with Crippen LogP contribution in [0.15, 0.2) is 48.5 Å². The number of fused-ring (bicyclic) bond motifs is 2. The Labute approximate surface area is 370 Å². The van der Waals surface area contributed by atoms with Crippen molar-refractivity contribution in [2.75, 3.05) is 25.6 Å². The Bertz CT molecular complexity index is 1770. The van der Waals surface area contributed by atoms with E-state index in [2.05, 4.69) is 73.2 Å². The summed E-state index contributed by atoms with van der Waals surface area (Å²) in [6, 6.07) is 14.4. The van der Waals surface area contributed by atoms with Gasteiger partial charge in [-0.05, 0) is 105 Å². The monoisotopic (exact) mass is 878 g/mol. The van der Waals surface area contributed by atoms with Crippen molar-refractivity contribution in [2.45, 2.75) is 133 Å². The van der Waals surface area contributed by atoms with Crippen LogP contribution in [-0.4, -0.2) is 116 Å². The average Bonchev–Trinajstić information content (AvgIpc) is 3.51. The molecule has 320 valence electrons. The Morgan fingerprint density at radius 2 is 1.00 bits per heavy atom. The summed E-state index contributed by atoms with van der Waals surface area (Å²) < 4.78 is 0. The predicted octanol–water partition coefficient (Wildman–Crippen LogP) is 5.47. The molecule has 4 heterocycles. The van der Waals surface area contributed by atoms with Gasteiger partial charge in [0.25, 0.3) is 0 Å². The van der Waals surface area contributed by atoms with Gasteiger partial charge >= 0.3 is 0 Å². The summed E-state index contributed by atoms with van der Waals surface area (Å²) in [5, 5.41) is 12.8. The van der Waals surface area contributed by atoms with Crippen LogP contribution in [0.25, 0.3) is 0 Å². The average molecular weight is 879 g/mol. The maximum atomic E-state index is 14.1. The summed E-state index contributed by atoms with van der Waals surface area (Å²) in [7, 11) is 3.69. The van der Waals surface area contributed by atoms with Gasteiger partial charge in [0.15, 0.2) is 11.6 Å². The van der Waals surface area contributed by atoms with Crippen molar-refractivity contribution >= 4 is 81.3 Å². The first-order chi connectivity index (χ1) is 27.9. The van der Waals surface area contributed by atoms with Gasteiger partial charge in [0.05, 0.1) is 44.9 Å². The molecule has 4 saturated heterocycles. The van der Waals surface area contributed by atoms with Gasteiger partial charge in [0, 0.05) is 12.8 Å². The highest BCUT2D eigenvalue weighted by molar-refractivity contribution is 8.00. The zero-order chi connectivity index (χ0) is 42.8. The number of ketones is 2. The Hall–Kier alpha value is -2.88. The summed E-state index contributed by atoms with van der Waals surface area (Å²) in [4.78, 5) is 61.2. The normalized spacial score (nSPS) is 27.2. The van der Waals surface area contributed by atoms with Crippen LogP contribution in [0.4, 0.5) is 0 Å². The molecule has 0 bridgehead atoms. The summed E-state index contributed by atoms with van der Waals surface area (Å²) >= 11 is 14.7. The highest BCUT2D eigenvalue weighted by Gasteiger charge is 2.55. The Morgan fingerprint density at radius 1 is 0.661 bits per heavy atom. The lowest BCUT2D eigenvalue weighted by molar-refractivity contribution is -0.141. The van der Waals surface area contributed by atoms with Crippen LogP contribution in [0.1, 0.15) is 89.5 Å². The van der Waals surface area contributed by atoms with Crippen molar-refractivity contribution in [3.05, 3.63) is 70.8 Å². The maximum Gasteiger partial charge on any atom is 0.246 e. The molecule has 4 N–H and O–H groups in total. The van der Waals surface area contributed by atoms with E-state index in [-0.39, 0.29) is 69.9 Å². The van der Waals surface area contributed by atoms with Crippen molar-refractivity contribution in [3.8, 4) is 0 Å². The number of thiocarbonyl (C=S) groups is 2. The number of benzene rings is 2. The first-order valence-electron chi connectivity index (χ1n) is 21.0. The molecular formula is C45H62N6O4S4. The Balaban J connectivity index is 1.07. The molecule has 59 heavy (non-hydrogen) atoms. The summed E-state index contributed by atoms with van der Waals surface area (Å²) in [5.41, 5.74) is 3.40. The van der Waals surface area contributed by atoms with E-state index < -0.39 is 24.2 Å². The van der Waals surface area contributed by atoms with Crippen molar-refractivity contribution < 1.29 is 19.2 Å². The fourth-order valence-electron chi connectivity index (χ4n) is 9.16. The third-order valence-electron chi connectivity index (χ3n) is 12.7. The Morgan fingerprint density at radius 3 is 1.34 bits per heavy atom. The second-order valence-electron chi connectivity index (χ2n) is 18.1. The van der Waals surface area contributed by atoms with Gasteiger partial charge in [-0.3, -0.25) is 19.2 Å². The van der Waals surface area contributed by atoms with Gasteiger partial charge in [-0.1, -0.05) is 101 Å². The minimum Gasteiger partial charge on any atom is -0.367 e. The Kier molecular flexibility index (Phi) is 14.7. The lowest BCUT2D eigenvalue weighted by Crippen LogP contribution is -2.56. The molecule has 4 aliphatic rings. The number of likely N-dealkylation sites (N-methyl/N-ethyl adjacent to an activating group) is 2. The van der Waals surface area contributed by atoms with Gasteiger partial charge in [-0.15, -0.1) is 23.5 Å². The van der Waals surface area contributed by atoms with E-state index in [1.54, 1.807) is 23.5 Å². The molecule has 2 amide bonds. The molecule has 14 heteroatoms. The summed E-state index contributed by atoms with van der Waals surface area (Å²) in [6.07, 6.45) is 4.11. The van der Waals surface area contributed by atoms with Crippen LogP contribution in [0.3, 0.4) is 0 Å². The number of hydrogen-bond acceptors (Lipinski definition) is 10. The van der Waals surface area contributed by atoms with Crippen LogP contribution in [0.2, 0.25) is 0 Å². The van der Waals surface area contributed by atoms with Crippen molar-refractivity contribution in [3.63, 3.8) is 0 Å². The highest BCUT2D eigenvalue weighted by Crippen LogP contribution is 2.48. The minimum atomic E-state index is -0.509. The number of hydrogen-bond donors (Lipinski definition) is 4. The maximum absolute atomic E-state index is 14.1. The van der Waals surface area contributed by atoms with E-state index in [1.807, 2.05) is 62.0 Å². The largest absolute Gasteiger partial charge is 0.367 e. The molecule has 8 atom stereocenters. The summed E-state index contributed by atoms with van der Waals surface area (Å²) in [6.45, 7) is 12.4. The van der Waals surface area contributed by atoms with Crippen molar-refractivity contribution in [1.82, 2.24) is 31.1 Å². The van der Waals surface area contributed by atoms with Crippen LogP contribution in [-0.2, 0) is 38.4 Å². The number of carbonyl (C=O) groups excluding carboxylic acids is 4. The number of thioether (sulfide) groups is 2. The summed E-state index contributed by atoms with van der Waals surface area (Å²) in [5.74, 6) is 1.70. The standard InChI is InChI=1S/C45H62N6O4S4/c1-26(46-7)40(56)48-32-17-19-58-36-24-44(3,4)38(50(36)42(32)54)34(52)22-30-13-9-28(10-14-30)21-29-11-15-31(16-12-29)23-35(53)39-45(5,6)25-37-51(39)43(55)33(18-20-59-37)49-41(57)27(2)47-8/h9-16,26-27,32-33,36-39,46-47H,17-25H2,1-8H3,(H,48,56)(H,49,57)/t26-,27-,32-,33-,36-,37-,38+,39+/m0/s1. The highest BCUT2D eigenvalue weighted by atomic mass is 32.2. The molecule has 4 aliphatic heterocycles. The number of nitrogens with zero attached hydrogens (tertiary/aromatic N) is 2. The smallest absolute Gasteiger partial charge is 0.246 e. The van der Waals surface area contributed by atoms with Crippen LogP contribution < -0.4 is 21.3 Å². The predicted molar refractivity (Wildman–Crippen MR) is 249 cm³/mol. The van der Waals surface area contributed by atoms with E-state index in [0.29, 0.717) is 29.2 Å². The van der Waals surface area contributed by atoms with Crippen LogP contribution >= 0.6 is 48.0 Å². The molecule has 0 unspecified atom stereocenters. The SMILES string of the molecule is CN[C@@H](C)C(=S)N[C@H]1CCS[C@H]2CC(C)(C)[C@@H](C(=O)Cc3ccc(Cc4ccc(CC(=O)[C@H]5N6C(=O)[C@@H](NC(=S)[C@H](C)NC)CCS[C@H]6CC5(C)C)cc4)cc3)N2C1=O. The number of carbonyl (C=O) groups is 4. The van der Waals surface area contributed by atoms with E-state index in [4.69, 9.17) is 24.4 Å². The third-order valence-corrected chi connectivity index (χ3v) is 16.1. The molecule has 0 aliphatic carbocycles. The van der Waals surface area contributed by atoms with Crippen LogP contribution in [0.5, 0.6) is 0 Å². The van der Waals surface area contributed by atoms with E-state index in [0.717, 1.165) is 46.6 Å². The van der Waals surface area contributed by atoms with E-state index in [9.17, 15) is 19.2 Å². The number of rotatable bonds is 14. The molecule has 0 saturated carbocycles. The quantitative estimate of drug-likeness (QED) is 0.180. The van der Waals surface area contributed by atoms with Crippen LogP contribution in [0, 0.1) is 10.8 Å². The number of nitrogens with one attached hydrogen (secondary N) is 4. The van der Waals surface area contributed by atoms with Gasteiger partial charge in [0.2, 0.25) is 11.8 Å².